The Morgan fingerprint density at radius 2 is 1.85 bits per heavy atom. The van der Waals surface area contributed by atoms with Gasteiger partial charge in [0.2, 0.25) is 5.91 Å². The van der Waals surface area contributed by atoms with Crippen molar-refractivity contribution in [1.29, 1.82) is 0 Å². The van der Waals surface area contributed by atoms with Crippen molar-refractivity contribution in [3.63, 3.8) is 0 Å². The van der Waals surface area contributed by atoms with Gasteiger partial charge in [-0.2, -0.15) is 0 Å². The first-order valence-electron chi connectivity index (χ1n) is 12.3. The second-order valence-electron chi connectivity index (χ2n) is 9.68. The highest BCUT2D eigenvalue weighted by atomic mass is 16.5. The van der Waals surface area contributed by atoms with E-state index in [1.807, 2.05) is 29.2 Å². The van der Waals surface area contributed by atoms with Crippen LogP contribution in [0.5, 0.6) is 0 Å². The molecule has 6 nitrogen and oxygen atoms in total. The van der Waals surface area contributed by atoms with Crippen LogP contribution in [0, 0.1) is 11.8 Å². The smallest absolute Gasteiger partial charge is 0.251 e. The van der Waals surface area contributed by atoms with Crippen LogP contribution >= 0.6 is 0 Å². The van der Waals surface area contributed by atoms with E-state index < -0.39 is 0 Å². The molecule has 2 amide bonds. The summed E-state index contributed by atoms with van der Waals surface area (Å²) in [5, 5.41) is 6.43. The molecule has 1 aliphatic carbocycles. The number of benzene rings is 2. The maximum Gasteiger partial charge on any atom is 0.251 e. The Hall–Kier alpha value is -3.12. The lowest BCUT2D eigenvalue weighted by Crippen LogP contribution is -2.51. The summed E-state index contributed by atoms with van der Waals surface area (Å²) < 4.78 is 5.51. The number of carbonyl (C=O) groups excluding carboxylic acids is 2. The molecule has 2 N–H and O–H groups in total. The number of carbonyl (C=O) groups is 2. The van der Waals surface area contributed by atoms with Crippen LogP contribution in [0.3, 0.4) is 0 Å². The lowest BCUT2D eigenvalue weighted by atomic mass is 9.79. The number of ether oxygens (including phenoxy) is 1. The zero-order valence-electron chi connectivity index (χ0n) is 20.1. The van der Waals surface area contributed by atoms with Crippen molar-refractivity contribution >= 4 is 28.8 Å². The Morgan fingerprint density at radius 3 is 2.47 bits per heavy atom. The van der Waals surface area contributed by atoms with Crippen molar-refractivity contribution in [3.8, 4) is 0 Å². The average molecular weight is 460 g/mol. The fraction of sp³-hybridized carbons (Fsp3) is 0.429. The van der Waals surface area contributed by atoms with Crippen LogP contribution in [0.4, 0.5) is 11.4 Å². The molecule has 2 aromatic rings. The molecule has 0 spiro atoms. The van der Waals surface area contributed by atoms with Crippen LogP contribution in [0.2, 0.25) is 0 Å². The van der Waals surface area contributed by atoms with Gasteiger partial charge in [0.15, 0.2) is 0 Å². The van der Waals surface area contributed by atoms with Crippen molar-refractivity contribution in [1.82, 2.24) is 5.32 Å². The zero-order chi connectivity index (χ0) is 23.8. The van der Waals surface area contributed by atoms with Crippen molar-refractivity contribution in [3.05, 3.63) is 65.2 Å². The number of fused-ring (bicyclic) bond motifs is 1. The highest BCUT2D eigenvalue weighted by Gasteiger charge is 2.47. The summed E-state index contributed by atoms with van der Waals surface area (Å²) in [7, 11) is 1.64. The Kier molecular flexibility index (Phi) is 6.17. The summed E-state index contributed by atoms with van der Waals surface area (Å²) in [5.74, 6) is 0.797. The summed E-state index contributed by atoms with van der Waals surface area (Å²) in [6.45, 7) is 5.33. The van der Waals surface area contributed by atoms with E-state index in [1.165, 1.54) is 24.0 Å². The monoisotopic (exact) mass is 459 g/mol. The largest absolute Gasteiger partial charge is 0.378 e. The Balaban J connectivity index is 1.55. The number of hydrogen-bond acceptors (Lipinski definition) is 4. The van der Waals surface area contributed by atoms with E-state index in [-0.39, 0.29) is 29.8 Å². The first kappa shape index (κ1) is 22.7. The quantitative estimate of drug-likeness (QED) is 0.675. The van der Waals surface area contributed by atoms with E-state index in [0.29, 0.717) is 18.1 Å². The van der Waals surface area contributed by atoms with Gasteiger partial charge in [-0.25, -0.2) is 0 Å². The zero-order valence-corrected chi connectivity index (χ0v) is 20.1. The molecule has 0 unspecified atom stereocenters. The van der Waals surface area contributed by atoms with Gasteiger partial charge in [0.1, 0.15) is 0 Å². The number of amides is 2. The molecule has 0 radical (unpaired) electrons. The van der Waals surface area contributed by atoms with Crippen molar-refractivity contribution in [2.45, 2.75) is 45.2 Å². The van der Waals surface area contributed by atoms with Gasteiger partial charge in [-0.15, -0.1) is 0 Å². The highest BCUT2D eigenvalue weighted by molar-refractivity contribution is 5.95. The average Bonchev–Trinajstić information content (AvgIpc) is 3.70. The molecule has 1 fully saturated rings. The number of hydrogen-bond donors (Lipinski definition) is 2. The molecule has 2 aliphatic heterocycles. The fourth-order valence-electron chi connectivity index (χ4n) is 5.60. The number of nitrogens with one attached hydrogen (secondary N) is 2. The van der Waals surface area contributed by atoms with Gasteiger partial charge in [0, 0.05) is 42.9 Å². The summed E-state index contributed by atoms with van der Waals surface area (Å²) in [6.07, 6.45) is 5.40. The molecule has 178 valence electrons. The standard InChI is InChI=1S/C28H33N3O3/c1-17-26(30-23-9-6-21(7-10-23)28(33)29-3)24-16-22(19-12-14-34-15-13-19)8-11-25(24)31(18(2)32)27(17)20-4-5-20/h6-12,16-17,20,26-27,30H,4-5,13-15H2,1-3H3,(H,29,33)/t17-,26-,27+/m0/s1. The molecule has 3 aliphatic rings. The molecule has 2 heterocycles. The van der Waals surface area contributed by atoms with Crippen LogP contribution in [0.1, 0.15) is 60.6 Å². The van der Waals surface area contributed by atoms with Crippen molar-refractivity contribution < 1.29 is 14.3 Å². The molecule has 3 atom stereocenters. The second-order valence-corrected chi connectivity index (χ2v) is 9.68. The molecule has 5 rings (SSSR count). The van der Waals surface area contributed by atoms with Crippen LogP contribution in [0.25, 0.3) is 5.57 Å². The van der Waals surface area contributed by atoms with E-state index in [9.17, 15) is 9.59 Å². The Labute approximate surface area is 201 Å². The first-order chi connectivity index (χ1) is 16.5. The van der Waals surface area contributed by atoms with Crippen LogP contribution in [0.15, 0.2) is 48.5 Å². The maximum atomic E-state index is 12.9. The molecule has 0 bridgehead atoms. The van der Waals surface area contributed by atoms with E-state index >= 15 is 0 Å². The van der Waals surface area contributed by atoms with Gasteiger partial charge in [0.05, 0.1) is 19.3 Å². The number of nitrogens with zero attached hydrogens (tertiary/aromatic N) is 1. The summed E-state index contributed by atoms with van der Waals surface area (Å²) >= 11 is 0. The minimum absolute atomic E-state index is 0.0578. The molecule has 0 saturated heterocycles. The second kappa shape index (κ2) is 9.26. The third-order valence-corrected chi connectivity index (χ3v) is 7.46. The topological polar surface area (TPSA) is 70.7 Å². The minimum Gasteiger partial charge on any atom is -0.378 e. The first-order valence-corrected chi connectivity index (χ1v) is 12.3. The predicted octanol–water partition coefficient (Wildman–Crippen LogP) is 4.78. The van der Waals surface area contributed by atoms with Crippen LogP contribution in [-0.2, 0) is 9.53 Å². The van der Waals surface area contributed by atoms with Crippen molar-refractivity contribution in [2.75, 3.05) is 30.5 Å². The van der Waals surface area contributed by atoms with Crippen LogP contribution in [-0.4, -0.2) is 38.1 Å². The molecular weight excluding hydrogens is 426 g/mol. The molecule has 0 aromatic heterocycles. The van der Waals surface area contributed by atoms with E-state index in [2.05, 4.69) is 41.8 Å². The Morgan fingerprint density at radius 1 is 1.09 bits per heavy atom. The SMILES string of the molecule is CNC(=O)c1ccc(N[C@@H]2c3cc(C4=CCOCC4)ccc3N(C(C)=O)[C@@H](C3CC3)[C@H]2C)cc1. The van der Waals surface area contributed by atoms with Gasteiger partial charge >= 0.3 is 0 Å². The third-order valence-electron chi connectivity index (χ3n) is 7.46. The van der Waals surface area contributed by atoms with Gasteiger partial charge in [-0.3, -0.25) is 9.59 Å². The molecule has 6 heteroatoms. The lowest BCUT2D eigenvalue weighted by molar-refractivity contribution is -0.117. The highest BCUT2D eigenvalue weighted by Crippen LogP contribution is 2.50. The Bertz CT molecular complexity index is 1120. The molecular formula is C28H33N3O3. The summed E-state index contributed by atoms with van der Waals surface area (Å²) in [5.41, 5.74) is 6.27. The van der Waals surface area contributed by atoms with Gasteiger partial charge in [-0.1, -0.05) is 19.1 Å². The van der Waals surface area contributed by atoms with E-state index in [1.54, 1.807) is 14.0 Å². The van der Waals surface area contributed by atoms with Gasteiger partial charge in [0.25, 0.3) is 5.91 Å². The van der Waals surface area contributed by atoms with E-state index in [0.717, 1.165) is 30.0 Å². The molecule has 1 saturated carbocycles. The maximum absolute atomic E-state index is 12.9. The summed E-state index contributed by atoms with van der Waals surface area (Å²) in [6, 6.07) is 14.4. The minimum atomic E-state index is -0.0943. The van der Waals surface area contributed by atoms with Crippen molar-refractivity contribution in [2.24, 2.45) is 11.8 Å². The molecule has 2 aromatic carbocycles. The third kappa shape index (κ3) is 4.23. The van der Waals surface area contributed by atoms with Gasteiger partial charge in [-0.05, 0) is 78.3 Å². The van der Waals surface area contributed by atoms with Crippen LogP contribution < -0.4 is 15.5 Å². The number of anilines is 2. The predicted molar refractivity (Wildman–Crippen MR) is 135 cm³/mol. The molecule has 34 heavy (non-hydrogen) atoms. The van der Waals surface area contributed by atoms with Gasteiger partial charge < -0.3 is 20.3 Å². The fourth-order valence-corrected chi connectivity index (χ4v) is 5.60. The summed E-state index contributed by atoms with van der Waals surface area (Å²) in [4.78, 5) is 26.9. The van der Waals surface area contributed by atoms with E-state index in [4.69, 9.17) is 4.74 Å². The lowest BCUT2D eigenvalue weighted by Gasteiger charge is -2.46. The number of rotatable bonds is 5. The normalized spacial score (nSPS) is 24.1.